The van der Waals surface area contributed by atoms with Gasteiger partial charge in [-0.25, -0.2) is 0 Å². The van der Waals surface area contributed by atoms with Gasteiger partial charge in [-0.2, -0.15) is 10.4 Å². The fourth-order valence-electron chi connectivity index (χ4n) is 0.972. The van der Waals surface area contributed by atoms with Gasteiger partial charge in [-0.1, -0.05) is 0 Å². The lowest BCUT2D eigenvalue weighted by molar-refractivity contribution is 0.183. The van der Waals surface area contributed by atoms with E-state index in [9.17, 15) is 0 Å². The monoisotopic (exact) mass is 165 g/mol. The zero-order valence-corrected chi connectivity index (χ0v) is 7.24. The van der Waals surface area contributed by atoms with Crippen molar-refractivity contribution < 1.29 is 4.74 Å². The van der Waals surface area contributed by atoms with E-state index >= 15 is 0 Å². The first-order chi connectivity index (χ1) is 5.79. The molecule has 0 saturated heterocycles. The number of hydrogen-bond donors (Lipinski definition) is 0. The van der Waals surface area contributed by atoms with Crippen LogP contribution in [0.25, 0.3) is 0 Å². The van der Waals surface area contributed by atoms with E-state index in [1.165, 1.54) is 0 Å². The molecule has 0 radical (unpaired) electrons. The first kappa shape index (κ1) is 8.75. The van der Waals surface area contributed by atoms with Gasteiger partial charge in [0, 0.05) is 12.7 Å². The van der Waals surface area contributed by atoms with E-state index in [1.807, 2.05) is 6.92 Å². The van der Waals surface area contributed by atoms with Crippen molar-refractivity contribution in [3.8, 4) is 6.07 Å². The predicted molar refractivity (Wildman–Crippen MR) is 43.6 cm³/mol. The Morgan fingerprint density at radius 3 is 3.08 bits per heavy atom. The lowest BCUT2D eigenvalue weighted by atomic mass is 10.3. The third-order valence-corrected chi connectivity index (χ3v) is 1.64. The topological polar surface area (TPSA) is 50.8 Å². The quantitative estimate of drug-likeness (QED) is 0.662. The van der Waals surface area contributed by atoms with E-state index in [1.54, 1.807) is 18.0 Å². The van der Waals surface area contributed by atoms with Crippen LogP contribution in [0.3, 0.4) is 0 Å². The number of rotatable bonds is 3. The summed E-state index contributed by atoms with van der Waals surface area (Å²) in [5.74, 6) is 0. The van der Waals surface area contributed by atoms with E-state index in [0.717, 1.165) is 5.56 Å². The lowest BCUT2D eigenvalue weighted by Gasteiger charge is -2.00. The number of methoxy groups -OCH3 is 1. The Morgan fingerprint density at radius 1 is 1.75 bits per heavy atom. The van der Waals surface area contributed by atoms with Crippen LogP contribution >= 0.6 is 0 Å². The summed E-state index contributed by atoms with van der Waals surface area (Å²) in [6.45, 7) is 3.08. The predicted octanol–water partition coefficient (Wildman–Crippen LogP) is 0.710. The second-order valence-electron chi connectivity index (χ2n) is 2.50. The maximum absolute atomic E-state index is 8.74. The van der Waals surface area contributed by atoms with Crippen LogP contribution in [0.5, 0.6) is 0 Å². The van der Waals surface area contributed by atoms with Gasteiger partial charge in [0.15, 0.2) is 0 Å². The maximum atomic E-state index is 8.74. The van der Waals surface area contributed by atoms with Crippen LogP contribution in [0.1, 0.15) is 11.3 Å². The van der Waals surface area contributed by atoms with Gasteiger partial charge in [0.1, 0.15) is 11.8 Å². The van der Waals surface area contributed by atoms with Gasteiger partial charge in [-0.05, 0) is 6.92 Å². The Hall–Kier alpha value is -1.34. The van der Waals surface area contributed by atoms with E-state index in [4.69, 9.17) is 10.00 Å². The molecule has 1 heterocycles. The highest BCUT2D eigenvalue weighted by Gasteiger charge is 2.04. The minimum Gasteiger partial charge on any atom is -0.383 e. The van der Waals surface area contributed by atoms with Gasteiger partial charge >= 0.3 is 0 Å². The maximum Gasteiger partial charge on any atom is 0.141 e. The zero-order valence-electron chi connectivity index (χ0n) is 7.24. The molecule has 0 spiro atoms. The zero-order chi connectivity index (χ0) is 8.97. The summed E-state index contributed by atoms with van der Waals surface area (Å²) >= 11 is 0. The van der Waals surface area contributed by atoms with E-state index in [-0.39, 0.29) is 0 Å². The molecule has 12 heavy (non-hydrogen) atoms. The highest BCUT2D eigenvalue weighted by molar-refractivity contribution is 5.28. The van der Waals surface area contributed by atoms with Gasteiger partial charge in [-0.15, -0.1) is 0 Å². The largest absolute Gasteiger partial charge is 0.383 e. The number of nitrogens with zero attached hydrogens (tertiary/aromatic N) is 3. The minimum atomic E-state index is 0.579. The molecule has 0 aliphatic heterocycles. The molecule has 0 aliphatic rings. The van der Waals surface area contributed by atoms with Gasteiger partial charge in [-0.3, -0.25) is 4.68 Å². The molecule has 64 valence electrons. The van der Waals surface area contributed by atoms with Crippen molar-refractivity contribution in [2.45, 2.75) is 13.5 Å². The van der Waals surface area contributed by atoms with Gasteiger partial charge < -0.3 is 4.74 Å². The minimum absolute atomic E-state index is 0.579. The molecule has 4 nitrogen and oxygen atoms in total. The normalized spacial score (nSPS) is 9.75. The van der Waals surface area contributed by atoms with Crippen molar-refractivity contribution >= 4 is 0 Å². The molecule has 0 aliphatic carbocycles. The van der Waals surface area contributed by atoms with Crippen LogP contribution in [-0.4, -0.2) is 23.5 Å². The third kappa shape index (κ3) is 1.63. The molecular weight excluding hydrogens is 154 g/mol. The highest BCUT2D eigenvalue weighted by Crippen LogP contribution is 2.04. The number of aromatic nitrogens is 2. The molecule has 0 bridgehead atoms. The molecule has 4 heteroatoms. The highest BCUT2D eigenvalue weighted by atomic mass is 16.5. The van der Waals surface area contributed by atoms with Crippen molar-refractivity contribution in [3.63, 3.8) is 0 Å². The first-order valence-corrected chi connectivity index (χ1v) is 3.71. The summed E-state index contributed by atoms with van der Waals surface area (Å²) in [4.78, 5) is 0. The molecule has 1 aromatic heterocycles. The van der Waals surface area contributed by atoms with Crippen molar-refractivity contribution in [1.29, 1.82) is 5.26 Å². The van der Waals surface area contributed by atoms with Crippen molar-refractivity contribution in [1.82, 2.24) is 9.78 Å². The SMILES string of the molecule is COCCn1ncc(C)c1C#N. The van der Waals surface area contributed by atoms with E-state index in [2.05, 4.69) is 11.2 Å². The smallest absolute Gasteiger partial charge is 0.141 e. The number of hydrogen-bond acceptors (Lipinski definition) is 3. The molecule has 0 unspecified atom stereocenters. The fourth-order valence-corrected chi connectivity index (χ4v) is 0.972. The molecular formula is C8H11N3O. The molecule has 0 saturated carbocycles. The number of ether oxygens (including phenoxy) is 1. The molecule has 0 atom stereocenters. The summed E-state index contributed by atoms with van der Waals surface area (Å²) in [5.41, 5.74) is 1.53. The van der Waals surface area contributed by atoms with Gasteiger partial charge in [0.05, 0.1) is 19.3 Å². The van der Waals surface area contributed by atoms with Crippen LogP contribution in [0, 0.1) is 18.3 Å². The van der Waals surface area contributed by atoms with Crippen LogP contribution in [0.2, 0.25) is 0 Å². The standard InChI is InChI=1S/C8H11N3O/c1-7-6-10-11(3-4-12-2)8(7)5-9/h6H,3-4H2,1-2H3. The molecule has 1 aromatic rings. The Labute approximate surface area is 71.4 Å². The molecule has 1 rings (SSSR count). The summed E-state index contributed by atoms with van der Waals surface area (Å²) in [5, 5.41) is 12.8. The van der Waals surface area contributed by atoms with Gasteiger partial charge in [0.25, 0.3) is 0 Å². The first-order valence-electron chi connectivity index (χ1n) is 3.71. The summed E-state index contributed by atoms with van der Waals surface area (Å²) in [7, 11) is 1.63. The number of aryl methyl sites for hydroxylation is 1. The molecule has 0 aromatic carbocycles. The molecule has 0 amide bonds. The average molecular weight is 165 g/mol. The Balaban J connectivity index is 2.79. The molecule has 0 N–H and O–H groups in total. The summed E-state index contributed by atoms with van der Waals surface area (Å²) in [6.07, 6.45) is 1.69. The van der Waals surface area contributed by atoms with Crippen LogP contribution < -0.4 is 0 Å². The fraction of sp³-hybridized carbons (Fsp3) is 0.500. The van der Waals surface area contributed by atoms with Crippen molar-refractivity contribution in [3.05, 3.63) is 17.5 Å². The number of nitriles is 1. The van der Waals surface area contributed by atoms with Crippen LogP contribution in [-0.2, 0) is 11.3 Å². The van der Waals surface area contributed by atoms with Crippen molar-refractivity contribution in [2.75, 3.05) is 13.7 Å². The second kappa shape index (κ2) is 3.88. The lowest BCUT2D eigenvalue weighted by Crippen LogP contribution is -2.07. The molecule has 0 fully saturated rings. The summed E-state index contributed by atoms with van der Waals surface area (Å²) in [6, 6.07) is 2.10. The Morgan fingerprint density at radius 2 is 2.50 bits per heavy atom. The second-order valence-corrected chi connectivity index (χ2v) is 2.50. The summed E-state index contributed by atoms with van der Waals surface area (Å²) < 4.78 is 6.54. The van der Waals surface area contributed by atoms with Crippen LogP contribution in [0.4, 0.5) is 0 Å². The Bertz CT molecular complexity index is 298. The van der Waals surface area contributed by atoms with Crippen molar-refractivity contribution in [2.24, 2.45) is 0 Å². The van der Waals surface area contributed by atoms with Gasteiger partial charge in [0.2, 0.25) is 0 Å². The van der Waals surface area contributed by atoms with E-state index < -0.39 is 0 Å². The van der Waals surface area contributed by atoms with Crippen LogP contribution in [0.15, 0.2) is 6.20 Å². The van der Waals surface area contributed by atoms with E-state index in [0.29, 0.717) is 18.8 Å². The third-order valence-electron chi connectivity index (χ3n) is 1.64. The Kier molecular flexibility index (Phi) is 2.83. The average Bonchev–Trinajstić information content (AvgIpc) is 2.43.